The van der Waals surface area contributed by atoms with Gasteiger partial charge in [-0.1, -0.05) is 61.2 Å². The van der Waals surface area contributed by atoms with Crippen molar-refractivity contribution in [1.29, 1.82) is 0 Å². The molecular formula is C31H22Br2N2O4. The Bertz CT molecular complexity index is 2000. The zero-order chi connectivity index (χ0) is 27.3. The number of nitrogens with one attached hydrogen (secondary N) is 2. The second kappa shape index (κ2) is 8.57. The zero-order valence-corrected chi connectivity index (χ0v) is 24.4. The van der Waals surface area contributed by atoms with Crippen LogP contribution in [0.5, 0.6) is 0 Å². The van der Waals surface area contributed by atoms with E-state index in [-0.39, 0.29) is 11.8 Å². The highest BCUT2D eigenvalue weighted by atomic mass is 79.9. The number of fused-ring (bicyclic) bond motifs is 2. The molecule has 2 N–H and O–H groups in total. The van der Waals surface area contributed by atoms with Crippen LogP contribution in [0.4, 0.5) is 0 Å². The highest BCUT2D eigenvalue weighted by Crippen LogP contribution is 2.52. The number of carbonyl (C=O) groups excluding carboxylic acids is 4. The first-order valence-electron chi connectivity index (χ1n) is 13.1. The lowest BCUT2D eigenvalue weighted by molar-refractivity contribution is 0.0828. The highest BCUT2D eigenvalue weighted by molar-refractivity contribution is 9.11. The van der Waals surface area contributed by atoms with E-state index in [0.717, 1.165) is 68.0 Å². The molecule has 4 amide bonds. The van der Waals surface area contributed by atoms with Crippen molar-refractivity contribution in [3.63, 3.8) is 0 Å². The van der Waals surface area contributed by atoms with Crippen LogP contribution in [-0.2, 0) is 0 Å². The molecule has 0 aliphatic carbocycles. The van der Waals surface area contributed by atoms with E-state index in [1.54, 1.807) is 18.2 Å². The zero-order valence-electron chi connectivity index (χ0n) is 21.2. The summed E-state index contributed by atoms with van der Waals surface area (Å²) in [7, 11) is 0. The Morgan fingerprint density at radius 2 is 1.28 bits per heavy atom. The molecule has 5 aromatic carbocycles. The summed E-state index contributed by atoms with van der Waals surface area (Å²) in [5.41, 5.74) is 2.78. The van der Waals surface area contributed by atoms with Crippen molar-refractivity contribution < 1.29 is 19.2 Å². The van der Waals surface area contributed by atoms with Gasteiger partial charge in [0.2, 0.25) is 0 Å². The average Bonchev–Trinajstić information content (AvgIpc) is 2.90. The molecule has 0 fully saturated rings. The topological polar surface area (TPSA) is 92.3 Å². The first-order valence-corrected chi connectivity index (χ1v) is 14.7. The lowest BCUT2D eigenvalue weighted by Gasteiger charge is -2.28. The summed E-state index contributed by atoms with van der Waals surface area (Å²) in [6, 6.07) is 9.11. The van der Waals surface area contributed by atoms with E-state index in [2.05, 4.69) is 56.3 Å². The summed E-state index contributed by atoms with van der Waals surface area (Å²) < 4.78 is 1.51. The van der Waals surface area contributed by atoms with Crippen molar-refractivity contribution in [1.82, 2.24) is 10.6 Å². The number of benzene rings is 5. The van der Waals surface area contributed by atoms with Gasteiger partial charge in [-0.2, -0.15) is 0 Å². The Morgan fingerprint density at radius 1 is 0.692 bits per heavy atom. The summed E-state index contributed by atoms with van der Waals surface area (Å²) in [5.74, 6) is -1.59. The van der Waals surface area contributed by atoms with Crippen LogP contribution in [-0.4, -0.2) is 23.6 Å². The van der Waals surface area contributed by atoms with Crippen LogP contribution in [0.25, 0.3) is 43.1 Å². The average molecular weight is 646 g/mol. The fourth-order valence-electron chi connectivity index (χ4n) is 6.65. The van der Waals surface area contributed by atoms with Gasteiger partial charge in [0, 0.05) is 58.0 Å². The molecule has 2 heterocycles. The molecule has 39 heavy (non-hydrogen) atoms. The summed E-state index contributed by atoms with van der Waals surface area (Å²) >= 11 is 7.63. The van der Waals surface area contributed by atoms with Crippen molar-refractivity contribution in [3.8, 4) is 0 Å². The second-order valence-corrected chi connectivity index (χ2v) is 12.2. The molecule has 8 heteroatoms. The van der Waals surface area contributed by atoms with E-state index in [0.29, 0.717) is 37.5 Å². The maximum absolute atomic E-state index is 13.5. The molecule has 6 nitrogen and oxygen atoms in total. The van der Waals surface area contributed by atoms with Crippen LogP contribution in [0.3, 0.4) is 0 Å². The number of unbranched alkanes of at least 4 members (excludes halogenated alkanes) is 2. The molecular weight excluding hydrogens is 624 g/mol. The standard InChI is InChI=1S/C31H22Br2N2O4/c1-3-4-5-6-12(2)19-26-24-16(29(37)35-31(26)39)10-7-13-21-18(32)11-17-20-15(28(36)34-30(17)38)9-8-14(22(20)21)25(23(13)24)27(19)33/h7-12H,3-6H2,1-2H3,(H,34,36,38)(H,35,37,39). The monoisotopic (exact) mass is 644 g/mol. The van der Waals surface area contributed by atoms with Gasteiger partial charge in [-0.3, -0.25) is 29.8 Å². The van der Waals surface area contributed by atoms with Gasteiger partial charge >= 0.3 is 0 Å². The van der Waals surface area contributed by atoms with Crippen LogP contribution in [0, 0.1) is 0 Å². The van der Waals surface area contributed by atoms with Crippen LogP contribution >= 0.6 is 31.9 Å². The highest BCUT2D eigenvalue weighted by Gasteiger charge is 2.35. The van der Waals surface area contributed by atoms with E-state index in [1.807, 2.05) is 12.1 Å². The molecule has 2 aliphatic rings. The quantitative estimate of drug-likeness (QED) is 0.0886. The van der Waals surface area contributed by atoms with Crippen LogP contribution in [0.1, 0.15) is 92.4 Å². The van der Waals surface area contributed by atoms with Crippen molar-refractivity contribution in [2.45, 2.75) is 45.4 Å². The Kier molecular flexibility index (Phi) is 5.42. The minimum atomic E-state index is -0.431. The molecule has 0 aromatic heterocycles. The number of rotatable bonds is 5. The number of amides is 4. The number of carbonyl (C=O) groups is 4. The van der Waals surface area contributed by atoms with Gasteiger partial charge in [0.15, 0.2) is 0 Å². The van der Waals surface area contributed by atoms with Gasteiger partial charge in [-0.15, -0.1) is 0 Å². The molecule has 5 aromatic rings. The van der Waals surface area contributed by atoms with Crippen LogP contribution in [0.2, 0.25) is 0 Å². The van der Waals surface area contributed by atoms with E-state index < -0.39 is 17.7 Å². The Balaban J connectivity index is 1.75. The largest absolute Gasteiger partial charge is 0.288 e. The van der Waals surface area contributed by atoms with Crippen molar-refractivity contribution in [3.05, 3.63) is 67.1 Å². The first-order chi connectivity index (χ1) is 18.7. The second-order valence-electron chi connectivity index (χ2n) is 10.5. The summed E-state index contributed by atoms with van der Waals surface area (Å²) in [6.45, 7) is 4.29. The number of hydrogen-bond acceptors (Lipinski definition) is 4. The minimum Gasteiger partial charge on any atom is -0.288 e. The molecule has 194 valence electrons. The fraction of sp³-hybridized carbons (Fsp3) is 0.226. The molecule has 1 atom stereocenters. The van der Waals surface area contributed by atoms with Gasteiger partial charge in [0.05, 0.1) is 5.56 Å². The third-order valence-corrected chi connectivity index (χ3v) is 9.80. The number of hydrogen-bond donors (Lipinski definition) is 2. The van der Waals surface area contributed by atoms with Gasteiger partial charge in [0.25, 0.3) is 23.6 Å². The molecule has 1 unspecified atom stereocenters. The molecule has 0 spiro atoms. The molecule has 7 rings (SSSR count). The van der Waals surface area contributed by atoms with E-state index in [9.17, 15) is 19.2 Å². The lowest BCUT2D eigenvalue weighted by atomic mass is 9.79. The molecule has 0 saturated carbocycles. The Morgan fingerprint density at radius 3 is 1.97 bits per heavy atom. The Labute approximate surface area is 240 Å². The summed E-state index contributed by atoms with van der Waals surface area (Å²) in [4.78, 5) is 52.3. The van der Waals surface area contributed by atoms with Gasteiger partial charge in [-0.05, 0) is 62.8 Å². The molecule has 2 aliphatic heterocycles. The fourth-order valence-corrected chi connectivity index (χ4v) is 8.29. The van der Waals surface area contributed by atoms with Crippen molar-refractivity contribution >= 4 is 98.6 Å². The third kappa shape index (κ3) is 3.19. The van der Waals surface area contributed by atoms with Crippen molar-refractivity contribution in [2.75, 3.05) is 0 Å². The molecule has 0 saturated heterocycles. The predicted molar refractivity (Wildman–Crippen MR) is 159 cm³/mol. The summed E-state index contributed by atoms with van der Waals surface area (Å²) in [5, 5.41) is 11.4. The smallest absolute Gasteiger partial charge is 0.259 e. The molecule has 0 bridgehead atoms. The SMILES string of the molecule is CCCCCC(C)c1c2c3c(ccc4c5c(Br)cc6c7c(ccc(c(c1Br)c34)c75)C(=O)NC6=O)C(=O)NC2=O. The minimum absolute atomic E-state index is 0.0532. The Hall–Kier alpha value is -3.36. The lowest BCUT2D eigenvalue weighted by Crippen LogP contribution is -2.36. The van der Waals surface area contributed by atoms with E-state index in [1.165, 1.54) is 0 Å². The van der Waals surface area contributed by atoms with Crippen LogP contribution < -0.4 is 10.6 Å². The predicted octanol–water partition coefficient (Wildman–Crippen LogP) is 7.71. The third-order valence-electron chi connectivity index (χ3n) is 8.35. The maximum atomic E-state index is 13.5. The van der Waals surface area contributed by atoms with Crippen LogP contribution in [0.15, 0.2) is 39.3 Å². The van der Waals surface area contributed by atoms with Crippen molar-refractivity contribution in [2.24, 2.45) is 0 Å². The number of imide groups is 2. The molecule has 0 radical (unpaired) electrons. The summed E-state index contributed by atoms with van der Waals surface area (Å²) in [6.07, 6.45) is 4.12. The normalized spacial score (nSPS) is 15.6. The van der Waals surface area contributed by atoms with Gasteiger partial charge in [0.1, 0.15) is 0 Å². The van der Waals surface area contributed by atoms with Gasteiger partial charge in [-0.25, -0.2) is 0 Å². The number of halogens is 2. The van der Waals surface area contributed by atoms with Gasteiger partial charge < -0.3 is 0 Å². The van der Waals surface area contributed by atoms with E-state index >= 15 is 0 Å². The first kappa shape index (κ1) is 24.7. The maximum Gasteiger partial charge on any atom is 0.259 e. The van der Waals surface area contributed by atoms with E-state index in [4.69, 9.17) is 0 Å².